The molecule has 0 unspecified atom stereocenters. The molecule has 0 aromatic heterocycles. The second kappa shape index (κ2) is 6.02. The van der Waals surface area contributed by atoms with E-state index in [2.05, 4.69) is 4.72 Å². The minimum absolute atomic E-state index is 0.0118. The standard InChI is InChI=1S/C14H22N4O6S/c1-6-9(5-17-3-8(4-17)16-25(15,23)24)12(14(21)22)18-11(6)10(7(2)19)13(18)20/h6-8,10-11,16,19H,3-5H2,1-2H3,(H,21,22)(H2,15,23,24)/t6-,7+,10+,11+/m0/s1. The van der Waals surface area contributed by atoms with E-state index in [0.717, 1.165) is 0 Å². The van der Waals surface area contributed by atoms with Gasteiger partial charge in [-0.1, -0.05) is 6.92 Å². The van der Waals surface area contributed by atoms with Crippen molar-refractivity contribution in [2.75, 3.05) is 19.6 Å². The molecule has 0 bridgehead atoms. The monoisotopic (exact) mass is 374 g/mol. The van der Waals surface area contributed by atoms with Gasteiger partial charge in [0.15, 0.2) is 0 Å². The Labute approximate surface area is 145 Å². The molecule has 3 rings (SSSR count). The number of aliphatic hydroxyl groups is 1. The number of nitrogens with zero attached hydrogens (tertiary/aromatic N) is 2. The van der Waals surface area contributed by atoms with E-state index in [1.807, 2.05) is 11.8 Å². The molecule has 0 radical (unpaired) electrons. The molecule has 11 heteroatoms. The molecular weight excluding hydrogens is 352 g/mol. The Morgan fingerprint density at radius 3 is 2.52 bits per heavy atom. The number of rotatable bonds is 6. The van der Waals surface area contributed by atoms with Gasteiger partial charge in [-0.2, -0.15) is 13.1 Å². The fraction of sp³-hybridized carbons (Fsp3) is 0.714. The minimum Gasteiger partial charge on any atom is -0.477 e. The molecule has 0 aromatic carbocycles. The number of likely N-dealkylation sites (tertiary alicyclic amines) is 1. The molecule has 25 heavy (non-hydrogen) atoms. The number of nitrogens with one attached hydrogen (secondary N) is 1. The second-order valence-corrected chi connectivity index (χ2v) is 8.31. The summed E-state index contributed by atoms with van der Waals surface area (Å²) in [6, 6.07) is -0.641. The summed E-state index contributed by atoms with van der Waals surface area (Å²) in [5.74, 6) is -2.30. The molecule has 0 aliphatic carbocycles. The summed E-state index contributed by atoms with van der Waals surface area (Å²) in [5, 5.41) is 24.3. The van der Waals surface area contributed by atoms with E-state index in [9.17, 15) is 28.2 Å². The number of carboxylic acid groups (broad SMARTS) is 1. The first-order valence-corrected chi connectivity index (χ1v) is 9.55. The maximum atomic E-state index is 12.2. The Morgan fingerprint density at radius 1 is 1.44 bits per heavy atom. The van der Waals surface area contributed by atoms with Crippen LogP contribution in [0.1, 0.15) is 13.8 Å². The molecular formula is C14H22N4O6S. The highest BCUT2D eigenvalue weighted by molar-refractivity contribution is 7.87. The van der Waals surface area contributed by atoms with Gasteiger partial charge in [-0.25, -0.2) is 9.93 Å². The SMILES string of the molecule is C[C@@H](O)[C@H]1C(=O)N2C(C(=O)O)=C(CN3CC(NS(N)(=O)=O)C3)[C@H](C)[C@H]12. The Bertz CT molecular complexity index is 742. The molecule has 3 aliphatic heterocycles. The third-order valence-electron chi connectivity index (χ3n) is 5.20. The fourth-order valence-electron chi connectivity index (χ4n) is 4.10. The fourth-order valence-corrected chi connectivity index (χ4v) is 4.71. The second-order valence-electron chi connectivity index (χ2n) is 6.99. The molecule has 1 amide bonds. The van der Waals surface area contributed by atoms with Gasteiger partial charge in [0, 0.05) is 31.6 Å². The third-order valence-corrected chi connectivity index (χ3v) is 5.86. The maximum Gasteiger partial charge on any atom is 0.352 e. The van der Waals surface area contributed by atoms with Crippen LogP contribution in [0.3, 0.4) is 0 Å². The number of carbonyl (C=O) groups is 2. The van der Waals surface area contributed by atoms with Crippen molar-refractivity contribution in [3.63, 3.8) is 0 Å². The van der Waals surface area contributed by atoms with Gasteiger partial charge < -0.3 is 15.1 Å². The summed E-state index contributed by atoms with van der Waals surface area (Å²) in [6.45, 7) is 4.54. The highest BCUT2D eigenvalue weighted by Gasteiger charge is 2.59. The van der Waals surface area contributed by atoms with Crippen LogP contribution in [0.2, 0.25) is 0 Å². The van der Waals surface area contributed by atoms with Crippen molar-refractivity contribution < 1.29 is 28.2 Å². The number of carboxylic acids is 1. The van der Waals surface area contributed by atoms with Crippen LogP contribution in [0.5, 0.6) is 0 Å². The number of hydrogen-bond acceptors (Lipinski definition) is 6. The summed E-state index contributed by atoms with van der Waals surface area (Å²) in [6.07, 6.45) is -0.835. The number of nitrogens with two attached hydrogens (primary N) is 1. The van der Waals surface area contributed by atoms with Crippen LogP contribution in [0, 0.1) is 11.8 Å². The molecule has 0 aromatic rings. The van der Waals surface area contributed by atoms with Gasteiger partial charge in [-0.15, -0.1) is 0 Å². The van der Waals surface area contributed by atoms with Crippen LogP contribution in [-0.4, -0.2) is 78.1 Å². The lowest BCUT2D eigenvalue weighted by molar-refractivity contribution is -0.163. The zero-order valence-corrected chi connectivity index (χ0v) is 14.7. The molecule has 3 heterocycles. The zero-order chi connectivity index (χ0) is 18.7. The molecule has 10 nitrogen and oxygen atoms in total. The van der Waals surface area contributed by atoms with Gasteiger partial charge in [0.25, 0.3) is 10.2 Å². The lowest BCUT2D eigenvalue weighted by Crippen LogP contribution is -2.63. The van der Waals surface area contributed by atoms with Crippen LogP contribution in [0.15, 0.2) is 11.3 Å². The van der Waals surface area contributed by atoms with Crippen molar-refractivity contribution in [1.82, 2.24) is 14.5 Å². The third kappa shape index (κ3) is 3.06. The average molecular weight is 374 g/mol. The number of fused-ring (bicyclic) bond motifs is 1. The molecule has 2 saturated heterocycles. The van der Waals surface area contributed by atoms with E-state index in [4.69, 9.17) is 5.14 Å². The Hall–Kier alpha value is -1.53. The van der Waals surface area contributed by atoms with Gasteiger partial charge in [0.05, 0.1) is 18.1 Å². The average Bonchev–Trinajstić information content (AvgIpc) is 2.65. The Kier molecular flexibility index (Phi) is 4.40. The number of carbonyl (C=O) groups excluding carboxylic acids is 1. The summed E-state index contributed by atoms with van der Waals surface area (Å²) >= 11 is 0. The summed E-state index contributed by atoms with van der Waals surface area (Å²) in [5.41, 5.74) is 0.616. The van der Waals surface area contributed by atoms with Crippen molar-refractivity contribution in [2.24, 2.45) is 17.0 Å². The molecule has 5 N–H and O–H groups in total. The lowest BCUT2D eigenvalue weighted by Gasteiger charge is -2.46. The molecule has 3 aliphatic rings. The highest BCUT2D eigenvalue weighted by Crippen LogP contribution is 2.47. The Morgan fingerprint density at radius 2 is 2.04 bits per heavy atom. The van der Waals surface area contributed by atoms with Crippen molar-refractivity contribution in [1.29, 1.82) is 0 Å². The van der Waals surface area contributed by atoms with Crippen LogP contribution in [0.4, 0.5) is 0 Å². The first kappa shape index (κ1) is 18.3. The van der Waals surface area contributed by atoms with E-state index in [-0.39, 0.29) is 29.6 Å². The number of aliphatic carboxylic acids is 1. The quantitative estimate of drug-likeness (QED) is 0.380. The van der Waals surface area contributed by atoms with E-state index in [0.29, 0.717) is 25.2 Å². The lowest BCUT2D eigenvalue weighted by atomic mass is 9.77. The van der Waals surface area contributed by atoms with Crippen LogP contribution >= 0.6 is 0 Å². The van der Waals surface area contributed by atoms with Crippen molar-refractivity contribution in [3.05, 3.63) is 11.3 Å². The van der Waals surface area contributed by atoms with Gasteiger partial charge in [0.1, 0.15) is 5.70 Å². The molecule has 4 atom stereocenters. The van der Waals surface area contributed by atoms with E-state index >= 15 is 0 Å². The van der Waals surface area contributed by atoms with Crippen molar-refractivity contribution in [3.8, 4) is 0 Å². The molecule has 0 spiro atoms. The number of hydrogen-bond donors (Lipinski definition) is 4. The number of amides is 1. The molecule has 140 valence electrons. The van der Waals surface area contributed by atoms with Crippen LogP contribution < -0.4 is 9.86 Å². The largest absolute Gasteiger partial charge is 0.477 e. The molecule has 2 fully saturated rings. The van der Waals surface area contributed by atoms with E-state index in [1.165, 1.54) is 11.8 Å². The highest BCUT2D eigenvalue weighted by atomic mass is 32.2. The smallest absolute Gasteiger partial charge is 0.352 e. The Balaban J connectivity index is 1.73. The number of β-lactam (4-membered cyclic amide) rings is 1. The number of aliphatic hydroxyl groups excluding tert-OH is 1. The zero-order valence-electron chi connectivity index (χ0n) is 13.9. The van der Waals surface area contributed by atoms with Crippen molar-refractivity contribution in [2.45, 2.75) is 32.0 Å². The predicted molar refractivity (Wildman–Crippen MR) is 86.1 cm³/mol. The minimum atomic E-state index is -3.76. The first-order chi connectivity index (χ1) is 11.5. The van der Waals surface area contributed by atoms with Gasteiger partial charge in [0.2, 0.25) is 5.91 Å². The summed E-state index contributed by atoms with van der Waals surface area (Å²) in [4.78, 5) is 27.1. The van der Waals surface area contributed by atoms with Crippen LogP contribution in [-0.2, 0) is 19.8 Å². The molecule has 0 saturated carbocycles. The van der Waals surface area contributed by atoms with E-state index < -0.39 is 28.2 Å². The normalized spacial score (nSPS) is 31.6. The van der Waals surface area contributed by atoms with Crippen LogP contribution in [0.25, 0.3) is 0 Å². The summed E-state index contributed by atoms with van der Waals surface area (Å²) < 4.78 is 24.3. The van der Waals surface area contributed by atoms with E-state index in [1.54, 1.807) is 0 Å². The van der Waals surface area contributed by atoms with Gasteiger partial charge in [-0.3, -0.25) is 9.69 Å². The van der Waals surface area contributed by atoms with Gasteiger partial charge in [-0.05, 0) is 12.5 Å². The van der Waals surface area contributed by atoms with Gasteiger partial charge >= 0.3 is 5.97 Å². The van der Waals surface area contributed by atoms with Crippen molar-refractivity contribution >= 4 is 22.1 Å². The maximum absolute atomic E-state index is 12.2. The topological polar surface area (TPSA) is 153 Å². The first-order valence-electron chi connectivity index (χ1n) is 8.01. The predicted octanol–water partition coefficient (Wildman–Crippen LogP) is -2.34. The summed E-state index contributed by atoms with van der Waals surface area (Å²) in [7, 11) is -3.76.